The number of benzene rings is 2. The molecule has 0 bridgehead atoms. The zero-order chi connectivity index (χ0) is 28.4. The smallest absolute Gasteiger partial charge is 0.163 e. The summed E-state index contributed by atoms with van der Waals surface area (Å²) in [6.45, 7) is 3.77. The molecule has 3 atom stereocenters. The fraction of sp³-hybridized carbons (Fsp3) is 0.357. The van der Waals surface area contributed by atoms with Crippen molar-refractivity contribution >= 4 is 9.84 Å². The summed E-state index contributed by atoms with van der Waals surface area (Å²) < 4.78 is 52.3. The van der Waals surface area contributed by atoms with Crippen molar-refractivity contribution in [2.75, 3.05) is 27.9 Å². The van der Waals surface area contributed by atoms with Gasteiger partial charge in [0.25, 0.3) is 0 Å². The van der Waals surface area contributed by atoms with Gasteiger partial charge in [0, 0.05) is 25.1 Å². The average Bonchev–Trinajstić information content (AvgIpc) is 3.57. The van der Waals surface area contributed by atoms with E-state index in [9.17, 15) is 8.42 Å². The van der Waals surface area contributed by atoms with Gasteiger partial charge >= 0.3 is 0 Å². The van der Waals surface area contributed by atoms with E-state index in [0.717, 1.165) is 16.9 Å². The van der Waals surface area contributed by atoms with Crippen molar-refractivity contribution in [1.29, 1.82) is 0 Å². The van der Waals surface area contributed by atoms with Crippen LogP contribution in [0, 0.1) is 6.92 Å². The highest BCUT2D eigenvalue weighted by atomic mass is 32.2. The van der Waals surface area contributed by atoms with Crippen LogP contribution in [0.4, 0.5) is 0 Å². The molecular formula is C28H31N5O6S. The molecule has 0 saturated heterocycles. The zero-order valence-electron chi connectivity index (χ0n) is 22.9. The molecule has 11 nitrogen and oxygen atoms in total. The van der Waals surface area contributed by atoms with Gasteiger partial charge in [-0.15, -0.1) is 10.2 Å². The van der Waals surface area contributed by atoms with E-state index in [1.165, 1.54) is 7.11 Å². The van der Waals surface area contributed by atoms with E-state index in [2.05, 4.69) is 20.2 Å². The average molecular weight is 566 g/mol. The molecule has 0 radical (unpaired) electrons. The summed E-state index contributed by atoms with van der Waals surface area (Å²) in [5, 5.41) is 7.91. The number of ether oxygens (including phenoxy) is 4. The van der Waals surface area contributed by atoms with Crippen molar-refractivity contribution in [3.8, 4) is 22.9 Å². The van der Waals surface area contributed by atoms with E-state index in [-0.39, 0.29) is 17.6 Å². The van der Waals surface area contributed by atoms with Gasteiger partial charge in [-0.3, -0.25) is 4.57 Å². The number of aryl methyl sites for hydroxylation is 1. The maximum absolute atomic E-state index is 13.9. The van der Waals surface area contributed by atoms with Crippen molar-refractivity contribution in [3.05, 3.63) is 83.5 Å². The Morgan fingerprint density at radius 3 is 2.33 bits per heavy atom. The highest BCUT2D eigenvalue weighted by Crippen LogP contribution is 2.41. The molecule has 0 unspecified atom stereocenters. The lowest BCUT2D eigenvalue weighted by atomic mass is 10.0. The Hall–Kier alpha value is -4.03. The van der Waals surface area contributed by atoms with Crippen LogP contribution >= 0.6 is 0 Å². The van der Waals surface area contributed by atoms with Crippen molar-refractivity contribution < 1.29 is 27.4 Å². The Morgan fingerprint density at radius 1 is 1.00 bits per heavy atom. The lowest BCUT2D eigenvalue weighted by molar-refractivity contribution is 0.0947. The number of hydrogen-bond acceptors (Lipinski definition) is 10. The molecule has 0 saturated carbocycles. The fourth-order valence-electron chi connectivity index (χ4n) is 4.88. The summed E-state index contributed by atoms with van der Waals surface area (Å²) in [6, 6.07) is 13.0. The van der Waals surface area contributed by atoms with Gasteiger partial charge in [0.15, 0.2) is 21.5 Å². The number of fused-ring (bicyclic) bond motifs is 1. The molecule has 40 heavy (non-hydrogen) atoms. The maximum Gasteiger partial charge on any atom is 0.163 e. The predicted molar refractivity (Wildman–Crippen MR) is 147 cm³/mol. The molecule has 0 aliphatic carbocycles. The third-order valence-electron chi connectivity index (χ3n) is 7.02. The number of aromatic nitrogens is 5. The largest absolute Gasteiger partial charge is 0.494 e. The highest BCUT2D eigenvalue weighted by molar-refractivity contribution is 7.91. The zero-order valence-corrected chi connectivity index (χ0v) is 23.8. The summed E-state index contributed by atoms with van der Waals surface area (Å²) in [6.07, 6.45) is 2.38. The molecule has 1 aliphatic rings. The van der Waals surface area contributed by atoms with Crippen LogP contribution in [0.2, 0.25) is 0 Å². The highest BCUT2D eigenvalue weighted by Gasteiger charge is 2.37. The summed E-state index contributed by atoms with van der Waals surface area (Å²) in [7, 11) is 0.660. The van der Waals surface area contributed by atoms with Crippen molar-refractivity contribution in [1.82, 2.24) is 24.7 Å². The van der Waals surface area contributed by atoms with E-state index in [1.807, 2.05) is 31.2 Å². The quantitative estimate of drug-likeness (QED) is 0.281. The molecule has 0 N–H and O–H groups in total. The van der Waals surface area contributed by atoms with Gasteiger partial charge in [0.05, 0.1) is 25.4 Å². The lowest BCUT2D eigenvalue weighted by Crippen LogP contribution is -2.30. The summed E-state index contributed by atoms with van der Waals surface area (Å²) in [5.41, 5.74) is 2.29. The van der Waals surface area contributed by atoms with Gasteiger partial charge < -0.3 is 18.9 Å². The van der Waals surface area contributed by atoms with Crippen LogP contribution in [0.1, 0.15) is 47.5 Å². The van der Waals surface area contributed by atoms with Crippen LogP contribution in [-0.2, 0) is 20.3 Å². The van der Waals surface area contributed by atoms with Crippen molar-refractivity contribution in [2.24, 2.45) is 0 Å². The molecule has 0 fully saturated rings. The maximum atomic E-state index is 13.9. The molecule has 2 aromatic carbocycles. The van der Waals surface area contributed by atoms with Gasteiger partial charge in [0.1, 0.15) is 47.2 Å². The van der Waals surface area contributed by atoms with Crippen LogP contribution in [0.25, 0.3) is 5.69 Å². The second-order valence-electron chi connectivity index (χ2n) is 9.51. The van der Waals surface area contributed by atoms with Crippen molar-refractivity contribution in [3.63, 3.8) is 0 Å². The van der Waals surface area contributed by atoms with Gasteiger partial charge in [-0.2, -0.15) is 0 Å². The number of para-hydroxylation sites is 2. The molecule has 0 amide bonds. The normalized spacial score (nSPS) is 16.2. The Bertz CT molecular complexity index is 1580. The number of nitrogens with zero attached hydrogens (tertiary/aromatic N) is 5. The molecule has 4 aromatic rings. The fourth-order valence-corrected chi connectivity index (χ4v) is 6.30. The lowest BCUT2D eigenvalue weighted by Gasteiger charge is -2.22. The molecule has 2 aromatic heterocycles. The minimum absolute atomic E-state index is 0.203. The van der Waals surface area contributed by atoms with Gasteiger partial charge in [-0.1, -0.05) is 24.3 Å². The van der Waals surface area contributed by atoms with Crippen LogP contribution in [0.5, 0.6) is 17.2 Å². The Balaban J connectivity index is 1.61. The van der Waals surface area contributed by atoms with Crippen LogP contribution < -0.4 is 14.2 Å². The Labute approximate surface area is 233 Å². The monoisotopic (exact) mass is 565 g/mol. The van der Waals surface area contributed by atoms with E-state index in [1.54, 1.807) is 56.3 Å². The van der Waals surface area contributed by atoms with Crippen molar-refractivity contribution in [2.45, 2.75) is 36.9 Å². The van der Waals surface area contributed by atoms with Crippen LogP contribution in [-0.4, -0.2) is 66.3 Å². The third kappa shape index (κ3) is 5.00. The van der Waals surface area contributed by atoms with E-state index >= 15 is 0 Å². The molecule has 5 rings (SSSR count). The summed E-state index contributed by atoms with van der Waals surface area (Å²) in [5.74, 6) is 1.98. The van der Waals surface area contributed by atoms with E-state index in [0.29, 0.717) is 29.6 Å². The standard InChI is InChI=1S/C28H31N5O6S/c1-17-13-29-27(30-14-17)26(38-5)18(2)40(34,35)16-24-31-32-28(20-15-39-21-10-7-6-9-19(20)21)33(24)25-22(36-3)11-8-12-23(25)37-4/h6-14,18,20,26H,15-16H2,1-5H3/t18-,20+,26-/m0/s1. The number of methoxy groups -OCH3 is 3. The first-order valence-corrected chi connectivity index (χ1v) is 14.4. The second-order valence-corrected chi connectivity index (χ2v) is 11.9. The first-order valence-electron chi connectivity index (χ1n) is 12.7. The first-order chi connectivity index (χ1) is 19.3. The van der Waals surface area contributed by atoms with Crippen LogP contribution in [0.15, 0.2) is 54.9 Å². The SMILES string of the molecule is COc1cccc(OC)c1-n1c(CS(=O)(=O)[C@@H](C)[C@H](OC)c2ncc(C)cn2)nnc1[C@@H]1COc2ccccc21. The second kappa shape index (κ2) is 11.2. The Morgan fingerprint density at radius 2 is 1.68 bits per heavy atom. The van der Waals surface area contributed by atoms with Gasteiger partial charge in [0.2, 0.25) is 0 Å². The topological polar surface area (TPSA) is 128 Å². The third-order valence-corrected chi connectivity index (χ3v) is 9.07. The minimum atomic E-state index is -3.86. The van der Waals surface area contributed by atoms with Gasteiger partial charge in [-0.05, 0) is 37.6 Å². The number of hydrogen-bond donors (Lipinski definition) is 0. The first kappa shape index (κ1) is 27.5. The number of sulfone groups is 1. The van der Waals surface area contributed by atoms with Crippen LogP contribution in [0.3, 0.4) is 0 Å². The number of rotatable bonds is 10. The van der Waals surface area contributed by atoms with Gasteiger partial charge in [-0.25, -0.2) is 18.4 Å². The molecule has 12 heteroatoms. The molecule has 210 valence electrons. The summed E-state index contributed by atoms with van der Waals surface area (Å²) >= 11 is 0. The predicted octanol–water partition coefficient (Wildman–Crippen LogP) is 3.60. The minimum Gasteiger partial charge on any atom is -0.494 e. The summed E-state index contributed by atoms with van der Waals surface area (Å²) in [4.78, 5) is 8.60. The molecule has 3 heterocycles. The van der Waals surface area contributed by atoms with E-state index < -0.39 is 26.9 Å². The molecular weight excluding hydrogens is 534 g/mol. The molecule has 0 spiro atoms. The molecule has 1 aliphatic heterocycles. The Kier molecular flexibility index (Phi) is 7.72. The van der Waals surface area contributed by atoms with E-state index in [4.69, 9.17) is 18.9 Å².